The zero-order chi connectivity index (χ0) is 20.3. The maximum atomic E-state index is 12.9. The minimum atomic E-state index is -4.52. The number of hydrogen-bond donors (Lipinski definition) is 0. The van der Waals surface area contributed by atoms with Gasteiger partial charge in [0.2, 0.25) is 5.91 Å². The van der Waals surface area contributed by atoms with Crippen LogP contribution in [0.3, 0.4) is 0 Å². The van der Waals surface area contributed by atoms with Gasteiger partial charge in [-0.05, 0) is 34.5 Å². The first-order valence-corrected chi connectivity index (χ1v) is 9.74. The topological polar surface area (TPSA) is 54.3 Å². The normalized spacial score (nSPS) is 15.8. The van der Waals surface area contributed by atoms with Crippen molar-refractivity contribution in [3.63, 3.8) is 0 Å². The first kappa shape index (κ1) is 20.8. The molecule has 6 nitrogen and oxygen atoms in total. The highest BCUT2D eigenvalue weighted by Crippen LogP contribution is 2.35. The van der Waals surface area contributed by atoms with E-state index in [1.54, 1.807) is 18.0 Å². The second-order valence-corrected chi connectivity index (χ2v) is 7.53. The van der Waals surface area contributed by atoms with Crippen molar-refractivity contribution in [1.82, 2.24) is 24.6 Å². The van der Waals surface area contributed by atoms with E-state index in [0.29, 0.717) is 18.8 Å². The fraction of sp³-hybridized carbons (Fsp3) is 0.500. The molecule has 2 aromatic rings. The van der Waals surface area contributed by atoms with Crippen molar-refractivity contribution in [2.75, 3.05) is 26.2 Å². The van der Waals surface area contributed by atoms with E-state index in [0.717, 1.165) is 25.2 Å². The molecular weight excluding hydrogens is 439 g/mol. The summed E-state index contributed by atoms with van der Waals surface area (Å²) in [6.07, 6.45) is -0.840. The molecule has 1 amide bonds. The Hall–Kier alpha value is -1.94. The molecule has 0 N–H and O–H groups in total. The van der Waals surface area contributed by atoms with Gasteiger partial charge in [-0.25, -0.2) is 0 Å². The van der Waals surface area contributed by atoms with Gasteiger partial charge in [0.05, 0.1) is 16.7 Å². The van der Waals surface area contributed by atoms with Gasteiger partial charge < -0.3 is 4.90 Å². The Morgan fingerprint density at radius 1 is 1.25 bits per heavy atom. The van der Waals surface area contributed by atoms with Crippen molar-refractivity contribution in [2.24, 2.45) is 0 Å². The van der Waals surface area contributed by atoms with Gasteiger partial charge in [0, 0.05) is 51.5 Å². The van der Waals surface area contributed by atoms with Gasteiger partial charge in [0.1, 0.15) is 0 Å². The van der Waals surface area contributed by atoms with Crippen molar-refractivity contribution < 1.29 is 18.0 Å². The third-order valence-corrected chi connectivity index (χ3v) is 5.74. The first-order chi connectivity index (χ1) is 13.3. The van der Waals surface area contributed by atoms with Gasteiger partial charge in [-0.15, -0.1) is 0 Å². The molecule has 1 saturated heterocycles. The number of piperazine rings is 1. The van der Waals surface area contributed by atoms with Crippen LogP contribution in [0.4, 0.5) is 13.2 Å². The van der Waals surface area contributed by atoms with Gasteiger partial charge in [-0.3, -0.25) is 19.4 Å². The highest BCUT2D eigenvalue weighted by molar-refractivity contribution is 9.10. The predicted octanol–water partition coefficient (Wildman–Crippen LogP) is 3.10. The lowest BCUT2D eigenvalue weighted by Gasteiger charge is -2.34. The third kappa shape index (κ3) is 4.91. The molecule has 2 aromatic heterocycles. The van der Waals surface area contributed by atoms with E-state index in [-0.39, 0.29) is 23.3 Å². The highest BCUT2D eigenvalue weighted by Gasteiger charge is 2.38. The largest absolute Gasteiger partial charge is 0.436 e. The molecule has 152 valence electrons. The second-order valence-electron chi connectivity index (χ2n) is 6.74. The van der Waals surface area contributed by atoms with Crippen LogP contribution in [0.5, 0.6) is 0 Å². The van der Waals surface area contributed by atoms with Gasteiger partial charge >= 0.3 is 6.18 Å². The summed E-state index contributed by atoms with van der Waals surface area (Å²) >= 11 is 2.95. The number of rotatable bonds is 5. The lowest BCUT2D eigenvalue weighted by atomic mass is 10.2. The Balaban J connectivity index is 1.50. The van der Waals surface area contributed by atoms with Crippen LogP contribution in [-0.4, -0.2) is 56.7 Å². The van der Waals surface area contributed by atoms with Crippen LogP contribution in [-0.2, 0) is 24.1 Å². The highest BCUT2D eigenvalue weighted by atomic mass is 79.9. The molecule has 0 aliphatic carbocycles. The molecule has 28 heavy (non-hydrogen) atoms. The van der Waals surface area contributed by atoms with E-state index in [9.17, 15) is 18.0 Å². The summed E-state index contributed by atoms with van der Waals surface area (Å²) in [6, 6.07) is 3.92. The monoisotopic (exact) mass is 459 g/mol. The number of aryl methyl sites for hydroxylation is 1. The van der Waals surface area contributed by atoms with Crippen molar-refractivity contribution in [3.8, 4) is 0 Å². The molecule has 3 rings (SSSR count). The molecule has 0 atom stereocenters. The number of hydrogen-bond acceptors (Lipinski definition) is 4. The standard InChI is InChI=1S/C18H21BrF3N5O/c1-13-16(19)17(18(20,21)22)24-27(13)6-4-15(28)26-9-7-25(8-10-26)12-14-3-2-5-23-11-14/h2-3,5,11H,4,6-10,12H2,1H3. The molecule has 1 aliphatic heterocycles. The van der Waals surface area contributed by atoms with Crippen LogP contribution in [0.25, 0.3) is 0 Å². The van der Waals surface area contributed by atoms with Crippen molar-refractivity contribution in [1.29, 1.82) is 0 Å². The van der Waals surface area contributed by atoms with Crippen LogP contribution in [0.1, 0.15) is 23.4 Å². The number of nitrogens with zero attached hydrogens (tertiary/aromatic N) is 5. The Kier molecular flexibility index (Phi) is 6.39. The maximum Gasteiger partial charge on any atom is 0.436 e. The van der Waals surface area contributed by atoms with Gasteiger partial charge in [-0.1, -0.05) is 6.07 Å². The number of pyridine rings is 1. The Bertz CT molecular complexity index is 817. The van der Waals surface area contributed by atoms with Crippen LogP contribution in [0, 0.1) is 6.92 Å². The van der Waals surface area contributed by atoms with Crippen LogP contribution < -0.4 is 0 Å². The van der Waals surface area contributed by atoms with E-state index in [4.69, 9.17) is 0 Å². The number of halogens is 4. The molecular formula is C18H21BrF3N5O. The fourth-order valence-corrected chi connectivity index (χ4v) is 3.70. The maximum absolute atomic E-state index is 12.9. The average molecular weight is 460 g/mol. The van der Waals surface area contributed by atoms with E-state index >= 15 is 0 Å². The SMILES string of the molecule is Cc1c(Br)c(C(F)(F)F)nn1CCC(=O)N1CCN(Cc2cccnc2)CC1. The molecule has 0 saturated carbocycles. The van der Waals surface area contributed by atoms with Crippen molar-refractivity contribution >= 4 is 21.8 Å². The summed E-state index contributed by atoms with van der Waals surface area (Å²) in [7, 11) is 0. The smallest absolute Gasteiger partial charge is 0.340 e. The van der Waals surface area contributed by atoms with Gasteiger partial charge in [-0.2, -0.15) is 18.3 Å². The lowest BCUT2D eigenvalue weighted by molar-refractivity contribution is -0.142. The van der Waals surface area contributed by atoms with E-state index in [2.05, 4.69) is 30.9 Å². The summed E-state index contributed by atoms with van der Waals surface area (Å²) in [6.45, 7) is 5.18. The number of aromatic nitrogens is 3. The zero-order valence-corrected chi connectivity index (χ0v) is 17.0. The lowest BCUT2D eigenvalue weighted by Crippen LogP contribution is -2.48. The summed E-state index contributed by atoms with van der Waals surface area (Å²) in [5.41, 5.74) is 0.533. The molecule has 1 aliphatic rings. The molecule has 0 spiro atoms. The summed E-state index contributed by atoms with van der Waals surface area (Å²) < 4.78 is 40.0. The van der Waals surface area contributed by atoms with Crippen molar-refractivity contribution in [2.45, 2.75) is 32.6 Å². The van der Waals surface area contributed by atoms with Gasteiger partial charge in [0.25, 0.3) is 0 Å². The van der Waals surface area contributed by atoms with Crippen LogP contribution >= 0.6 is 15.9 Å². The molecule has 0 unspecified atom stereocenters. The Morgan fingerprint density at radius 3 is 2.54 bits per heavy atom. The number of carbonyl (C=O) groups excluding carboxylic acids is 1. The summed E-state index contributed by atoms with van der Waals surface area (Å²) in [5.74, 6) is -0.0689. The summed E-state index contributed by atoms with van der Waals surface area (Å²) in [5, 5.41) is 3.62. The molecule has 0 bridgehead atoms. The summed E-state index contributed by atoms with van der Waals surface area (Å²) in [4.78, 5) is 20.6. The molecule has 0 aromatic carbocycles. The predicted molar refractivity (Wildman–Crippen MR) is 100 cm³/mol. The molecule has 0 radical (unpaired) electrons. The number of amides is 1. The third-order valence-electron chi connectivity index (χ3n) is 4.79. The van der Waals surface area contributed by atoms with Crippen LogP contribution in [0.2, 0.25) is 0 Å². The molecule has 1 fully saturated rings. The fourth-order valence-electron chi connectivity index (χ4n) is 3.19. The van der Waals surface area contributed by atoms with Crippen molar-refractivity contribution in [3.05, 3.63) is 46.0 Å². The molecule has 10 heteroatoms. The van der Waals surface area contributed by atoms with E-state index in [1.165, 1.54) is 4.68 Å². The minimum absolute atomic E-state index is 0.0689. The zero-order valence-electron chi connectivity index (χ0n) is 15.4. The minimum Gasteiger partial charge on any atom is -0.340 e. The molecule has 3 heterocycles. The second kappa shape index (κ2) is 8.60. The average Bonchev–Trinajstić information content (AvgIpc) is 2.96. The van der Waals surface area contributed by atoms with E-state index < -0.39 is 11.9 Å². The Morgan fingerprint density at radius 2 is 1.96 bits per heavy atom. The quantitative estimate of drug-likeness (QED) is 0.689. The number of carbonyl (C=O) groups is 1. The Labute approximate surface area is 169 Å². The van der Waals surface area contributed by atoms with E-state index in [1.807, 2.05) is 18.3 Å². The van der Waals surface area contributed by atoms with Gasteiger partial charge in [0.15, 0.2) is 5.69 Å². The number of alkyl halides is 3. The van der Waals surface area contributed by atoms with Crippen LogP contribution in [0.15, 0.2) is 29.0 Å². The first-order valence-electron chi connectivity index (χ1n) is 8.95.